The van der Waals surface area contributed by atoms with Gasteiger partial charge in [-0.2, -0.15) is 5.10 Å². The van der Waals surface area contributed by atoms with Crippen molar-refractivity contribution in [1.82, 2.24) is 24.6 Å². The van der Waals surface area contributed by atoms with E-state index in [-0.39, 0.29) is 5.91 Å². The van der Waals surface area contributed by atoms with E-state index in [2.05, 4.69) is 15.0 Å². The lowest BCUT2D eigenvalue weighted by molar-refractivity contribution is -0.133. The molecule has 0 bridgehead atoms. The molecule has 0 saturated carbocycles. The number of piperidine rings is 1. The maximum atomic E-state index is 12.2. The van der Waals surface area contributed by atoms with E-state index in [1.165, 1.54) is 45.1 Å². The first-order chi connectivity index (χ1) is 10.3. The van der Waals surface area contributed by atoms with Gasteiger partial charge < -0.3 is 9.80 Å². The molecule has 0 atom stereocenters. The summed E-state index contributed by atoms with van der Waals surface area (Å²) in [5, 5.41) is 4.00. The Hall–Kier alpha value is -1.43. The van der Waals surface area contributed by atoms with E-state index in [1.807, 2.05) is 4.90 Å². The molecule has 0 aromatic carbocycles. The van der Waals surface area contributed by atoms with Crippen molar-refractivity contribution in [1.29, 1.82) is 0 Å². The van der Waals surface area contributed by atoms with Gasteiger partial charge in [0.05, 0.1) is 0 Å². The number of hydrogen-bond acceptors (Lipinski definition) is 4. The Labute approximate surface area is 126 Å². The van der Waals surface area contributed by atoms with Crippen molar-refractivity contribution < 1.29 is 4.79 Å². The van der Waals surface area contributed by atoms with Gasteiger partial charge in [0.1, 0.15) is 19.2 Å². The fourth-order valence-electron chi connectivity index (χ4n) is 3.49. The molecule has 0 aliphatic carbocycles. The SMILES string of the molecule is O=C(Cn1cncn1)N1CCC(N2CCCCCC2)CC1. The summed E-state index contributed by atoms with van der Waals surface area (Å²) in [5.41, 5.74) is 0. The first-order valence-electron chi connectivity index (χ1n) is 8.17. The molecular formula is C15H25N5O. The first kappa shape index (κ1) is 14.5. The molecule has 6 heteroatoms. The van der Waals surface area contributed by atoms with Crippen LogP contribution in [0.15, 0.2) is 12.7 Å². The van der Waals surface area contributed by atoms with Gasteiger partial charge in [-0.1, -0.05) is 12.8 Å². The third kappa shape index (κ3) is 3.81. The average Bonchev–Trinajstić information content (AvgIpc) is 2.87. The summed E-state index contributed by atoms with van der Waals surface area (Å²) in [6, 6.07) is 0.679. The van der Waals surface area contributed by atoms with Crippen LogP contribution >= 0.6 is 0 Å². The molecular weight excluding hydrogens is 266 g/mol. The Balaban J connectivity index is 1.47. The molecule has 0 unspecified atom stereocenters. The Morgan fingerprint density at radius 2 is 1.76 bits per heavy atom. The number of amides is 1. The predicted molar refractivity (Wildman–Crippen MR) is 79.7 cm³/mol. The van der Waals surface area contributed by atoms with Crippen LogP contribution in [0.25, 0.3) is 0 Å². The third-order valence-electron chi connectivity index (χ3n) is 4.74. The van der Waals surface area contributed by atoms with Crippen LogP contribution in [0.2, 0.25) is 0 Å². The molecule has 1 aromatic heterocycles. The summed E-state index contributed by atoms with van der Waals surface area (Å²) >= 11 is 0. The number of nitrogens with zero attached hydrogens (tertiary/aromatic N) is 5. The Morgan fingerprint density at radius 1 is 1.05 bits per heavy atom. The van der Waals surface area contributed by atoms with Crippen LogP contribution in [0.5, 0.6) is 0 Å². The minimum atomic E-state index is 0.162. The highest BCUT2D eigenvalue weighted by molar-refractivity contribution is 5.75. The van der Waals surface area contributed by atoms with Crippen LogP contribution in [0.1, 0.15) is 38.5 Å². The van der Waals surface area contributed by atoms with Crippen LogP contribution < -0.4 is 0 Å². The van der Waals surface area contributed by atoms with Crippen molar-refractivity contribution in [2.75, 3.05) is 26.2 Å². The number of rotatable bonds is 3. The molecule has 0 N–H and O–H groups in total. The molecule has 6 nitrogen and oxygen atoms in total. The summed E-state index contributed by atoms with van der Waals surface area (Å²) in [7, 11) is 0. The highest BCUT2D eigenvalue weighted by Gasteiger charge is 2.27. The Kier molecular flexibility index (Phi) is 4.85. The summed E-state index contributed by atoms with van der Waals surface area (Å²) < 4.78 is 1.60. The zero-order valence-electron chi connectivity index (χ0n) is 12.7. The quantitative estimate of drug-likeness (QED) is 0.838. The van der Waals surface area contributed by atoms with E-state index in [1.54, 1.807) is 11.0 Å². The van der Waals surface area contributed by atoms with Crippen molar-refractivity contribution >= 4 is 5.91 Å². The van der Waals surface area contributed by atoms with Gasteiger partial charge in [0.15, 0.2) is 0 Å². The van der Waals surface area contributed by atoms with Gasteiger partial charge in [-0.05, 0) is 38.8 Å². The fourth-order valence-corrected chi connectivity index (χ4v) is 3.49. The minimum Gasteiger partial charge on any atom is -0.341 e. The van der Waals surface area contributed by atoms with Gasteiger partial charge in [0.2, 0.25) is 5.91 Å². The van der Waals surface area contributed by atoms with E-state index in [0.29, 0.717) is 12.6 Å². The van der Waals surface area contributed by atoms with Crippen LogP contribution in [-0.2, 0) is 11.3 Å². The maximum Gasteiger partial charge on any atom is 0.244 e. The summed E-state index contributed by atoms with van der Waals surface area (Å²) in [6.07, 6.45) is 10.7. The number of carbonyl (C=O) groups is 1. The largest absolute Gasteiger partial charge is 0.341 e. The molecule has 3 heterocycles. The summed E-state index contributed by atoms with van der Waals surface area (Å²) in [6.45, 7) is 4.58. The molecule has 0 spiro atoms. The van der Waals surface area contributed by atoms with E-state index >= 15 is 0 Å². The van der Waals surface area contributed by atoms with E-state index in [0.717, 1.165) is 25.9 Å². The molecule has 0 radical (unpaired) electrons. The molecule has 1 aromatic rings. The maximum absolute atomic E-state index is 12.2. The van der Waals surface area contributed by atoms with Crippen LogP contribution in [0.3, 0.4) is 0 Å². The lowest BCUT2D eigenvalue weighted by Gasteiger charge is -2.38. The van der Waals surface area contributed by atoms with E-state index in [4.69, 9.17) is 0 Å². The van der Waals surface area contributed by atoms with Crippen molar-refractivity contribution in [2.45, 2.75) is 51.1 Å². The lowest BCUT2D eigenvalue weighted by Crippen LogP contribution is -2.47. The topological polar surface area (TPSA) is 54.3 Å². The fraction of sp³-hybridized carbons (Fsp3) is 0.800. The molecule has 2 fully saturated rings. The number of likely N-dealkylation sites (tertiary alicyclic amines) is 2. The molecule has 2 aliphatic rings. The van der Waals surface area contributed by atoms with Crippen molar-refractivity contribution in [3.8, 4) is 0 Å². The van der Waals surface area contributed by atoms with E-state index in [9.17, 15) is 4.79 Å². The zero-order valence-corrected chi connectivity index (χ0v) is 12.7. The normalized spacial score (nSPS) is 22.2. The first-order valence-corrected chi connectivity index (χ1v) is 8.17. The van der Waals surface area contributed by atoms with Crippen LogP contribution in [0.4, 0.5) is 0 Å². The van der Waals surface area contributed by atoms with Crippen molar-refractivity contribution in [3.63, 3.8) is 0 Å². The smallest absolute Gasteiger partial charge is 0.244 e. The minimum absolute atomic E-state index is 0.162. The van der Waals surface area contributed by atoms with Gasteiger partial charge in [-0.3, -0.25) is 4.79 Å². The summed E-state index contributed by atoms with van der Waals surface area (Å²) in [5.74, 6) is 0.162. The van der Waals surface area contributed by atoms with Gasteiger partial charge in [0, 0.05) is 19.1 Å². The second-order valence-electron chi connectivity index (χ2n) is 6.16. The molecule has 2 saturated heterocycles. The van der Waals surface area contributed by atoms with Crippen molar-refractivity contribution in [3.05, 3.63) is 12.7 Å². The lowest BCUT2D eigenvalue weighted by atomic mass is 10.0. The Morgan fingerprint density at radius 3 is 2.38 bits per heavy atom. The third-order valence-corrected chi connectivity index (χ3v) is 4.74. The standard InChI is InChI=1S/C15H25N5O/c21-15(11-20-13-16-12-17-20)19-9-5-14(6-10-19)18-7-3-1-2-4-8-18/h12-14H,1-11H2. The summed E-state index contributed by atoms with van der Waals surface area (Å²) in [4.78, 5) is 20.7. The molecule has 3 rings (SSSR count). The van der Waals surface area contributed by atoms with Gasteiger partial charge in [-0.25, -0.2) is 9.67 Å². The highest BCUT2D eigenvalue weighted by atomic mass is 16.2. The highest BCUT2D eigenvalue weighted by Crippen LogP contribution is 2.20. The predicted octanol–water partition coefficient (Wildman–Crippen LogP) is 1.15. The van der Waals surface area contributed by atoms with Gasteiger partial charge in [0.25, 0.3) is 0 Å². The zero-order chi connectivity index (χ0) is 14.5. The number of carbonyl (C=O) groups excluding carboxylic acids is 1. The monoisotopic (exact) mass is 291 g/mol. The number of aromatic nitrogens is 3. The number of hydrogen-bond donors (Lipinski definition) is 0. The van der Waals surface area contributed by atoms with Crippen LogP contribution in [0, 0.1) is 0 Å². The average molecular weight is 291 g/mol. The van der Waals surface area contributed by atoms with E-state index < -0.39 is 0 Å². The molecule has 2 aliphatic heterocycles. The van der Waals surface area contributed by atoms with Crippen LogP contribution in [-0.4, -0.2) is 62.7 Å². The Bertz CT molecular complexity index is 431. The van der Waals surface area contributed by atoms with Gasteiger partial charge >= 0.3 is 0 Å². The second-order valence-corrected chi connectivity index (χ2v) is 6.16. The second kappa shape index (κ2) is 7.02. The van der Waals surface area contributed by atoms with Gasteiger partial charge in [-0.15, -0.1) is 0 Å². The van der Waals surface area contributed by atoms with Crippen molar-refractivity contribution in [2.24, 2.45) is 0 Å². The molecule has 1 amide bonds. The molecule has 116 valence electrons. The molecule has 21 heavy (non-hydrogen) atoms.